The third-order valence-electron chi connectivity index (χ3n) is 4.53. The van der Waals surface area contributed by atoms with E-state index in [2.05, 4.69) is 29.4 Å². The van der Waals surface area contributed by atoms with Crippen LogP contribution in [0, 0.1) is 5.92 Å². The van der Waals surface area contributed by atoms with Crippen LogP contribution in [0.1, 0.15) is 47.0 Å². The number of likely N-dealkylation sites (tertiary alicyclic amines) is 1. The molecule has 26 heavy (non-hydrogen) atoms. The van der Waals surface area contributed by atoms with Crippen molar-refractivity contribution < 1.29 is 19.1 Å². The van der Waals surface area contributed by atoms with Gasteiger partial charge in [0.15, 0.2) is 0 Å². The summed E-state index contributed by atoms with van der Waals surface area (Å²) in [6, 6.07) is 0.552. The lowest BCUT2D eigenvalue weighted by molar-refractivity contribution is -0.126. The molecule has 0 spiro atoms. The molecule has 1 aliphatic heterocycles. The molecule has 152 valence electrons. The first-order valence-corrected chi connectivity index (χ1v) is 9.88. The number of rotatable bonds is 12. The maximum absolute atomic E-state index is 12.1. The zero-order valence-corrected chi connectivity index (χ0v) is 16.9. The van der Waals surface area contributed by atoms with Crippen LogP contribution in [0.25, 0.3) is 0 Å². The molecule has 1 rings (SSSR count). The summed E-state index contributed by atoms with van der Waals surface area (Å²) >= 11 is 0. The summed E-state index contributed by atoms with van der Waals surface area (Å²) in [4.78, 5) is 26.1. The lowest BCUT2D eigenvalue weighted by atomic mass is 9.95. The van der Waals surface area contributed by atoms with Gasteiger partial charge in [0.2, 0.25) is 11.8 Å². The highest BCUT2D eigenvalue weighted by Crippen LogP contribution is 2.18. The molecule has 7 nitrogen and oxygen atoms in total. The fourth-order valence-corrected chi connectivity index (χ4v) is 2.91. The van der Waals surface area contributed by atoms with Crippen molar-refractivity contribution in [1.29, 1.82) is 0 Å². The largest absolute Gasteiger partial charge is 0.378 e. The van der Waals surface area contributed by atoms with Gasteiger partial charge in [0.05, 0.1) is 25.9 Å². The molecule has 0 aromatic rings. The molecule has 1 saturated heterocycles. The molecule has 0 atom stereocenters. The number of nitrogens with zero attached hydrogens (tertiary/aromatic N) is 1. The minimum absolute atomic E-state index is 0.0321. The monoisotopic (exact) mass is 371 g/mol. The summed E-state index contributed by atoms with van der Waals surface area (Å²) < 4.78 is 10.8. The molecular formula is C19H37N3O4. The number of carbonyl (C=O) groups is 2. The Morgan fingerprint density at radius 2 is 1.62 bits per heavy atom. The summed E-state index contributed by atoms with van der Waals surface area (Å²) in [5.74, 6) is 0.225. The van der Waals surface area contributed by atoms with Crippen molar-refractivity contribution in [2.45, 2.75) is 59.1 Å². The number of hydrogen-bond donors (Lipinski definition) is 2. The molecule has 2 N–H and O–H groups in total. The first-order chi connectivity index (χ1) is 12.4. The van der Waals surface area contributed by atoms with E-state index in [0.717, 1.165) is 25.9 Å². The molecule has 0 saturated carbocycles. The summed E-state index contributed by atoms with van der Waals surface area (Å²) in [6.07, 6.45) is 2.36. The molecule has 0 aromatic heterocycles. The van der Waals surface area contributed by atoms with Gasteiger partial charge < -0.3 is 25.0 Å². The molecule has 0 radical (unpaired) electrons. The van der Waals surface area contributed by atoms with E-state index < -0.39 is 0 Å². The summed E-state index contributed by atoms with van der Waals surface area (Å²) in [5.41, 5.74) is 0. The molecule has 0 aromatic carbocycles. The smallest absolute Gasteiger partial charge is 0.223 e. The van der Waals surface area contributed by atoms with E-state index in [0.29, 0.717) is 45.4 Å². The molecular weight excluding hydrogens is 334 g/mol. The normalized spacial score (nSPS) is 16.2. The second kappa shape index (κ2) is 13.1. The molecule has 0 bridgehead atoms. The van der Waals surface area contributed by atoms with Crippen molar-refractivity contribution in [2.75, 3.05) is 46.0 Å². The molecule has 1 fully saturated rings. The van der Waals surface area contributed by atoms with E-state index in [1.165, 1.54) is 0 Å². The van der Waals surface area contributed by atoms with Crippen molar-refractivity contribution in [2.24, 2.45) is 5.92 Å². The van der Waals surface area contributed by atoms with E-state index in [4.69, 9.17) is 9.47 Å². The maximum atomic E-state index is 12.1. The van der Waals surface area contributed by atoms with Crippen molar-refractivity contribution in [1.82, 2.24) is 15.5 Å². The standard InChI is InChI=1S/C19H37N3O4/c1-15(2)22-10-5-17(6-11-22)19(24)21-9-14-25-13-8-20-18(23)7-12-26-16(3)4/h15-17H,5-14H2,1-4H3,(H,20,23)(H,21,24). The van der Waals surface area contributed by atoms with Crippen LogP contribution in [0.4, 0.5) is 0 Å². The van der Waals surface area contributed by atoms with Crippen LogP contribution in [0.5, 0.6) is 0 Å². The van der Waals surface area contributed by atoms with Crippen molar-refractivity contribution in [3.63, 3.8) is 0 Å². The number of piperidine rings is 1. The quantitative estimate of drug-likeness (QED) is 0.504. The number of ether oxygens (including phenoxy) is 2. The van der Waals surface area contributed by atoms with Gasteiger partial charge in [-0.2, -0.15) is 0 Å². The lowest BCUT2D eigenvalue weighted by Crippen LogP contribution is -2.43. The lowest BCUT2D eigenvalue weighted by Gasteiger charge is -2.33. The zero-order chi connectivity index (χ0) is 19.4. The minimum atomic E-state index is -0.0321. The van der Waals surface area contributed by atoms with Gasteiger partial charge in [-0.3, -0.25) is 9.59 Å². The van der Waals surface area contributed by atoms with Crippen LogP contribution in [0.3, 0.4) is 0 Å². The fraction of sp³-hybridized carbons (Fsp3) is 0.895. The topological polar surface area (TPSA) is 79.9 Å². The van der Waals surface area contributed by atoms with Gasteiger partial charge in [-0.05, 0) is 53.6 Å². The Morgan fingerprint density at radius 3 is 2.19 bits per heavy atom. The second-order valence-corrected chi connectivity index (χ2v) is 7.33. The second-order valence-electron chi connectivity index (χ2n) is 7.33. The number of hydrogen-bond acceptors (Lipinski definition) is 5. The predicted octanol–water partition coefficient (Wildman–Crippen LogP) is 1.17. The molecule has 1 heterocycles. The van der Waals surface area contributed by atoms with Crippen molar-refractivity contribution in [3.05, 3.63) is 0 Å². The highest BCUT2D eigenvalue weighted by molar-refractivity contribution is 5.78. The van der Waals surface area contributed by atoms with E-state index in [1.807, 2.05) is 13.8 Å². The zero-order valence-electron chi connectivity index (χ0n) is 16.9. The van der Waals surface area contributed by atoms with Crippen molar-refractivity contribution in [3.8, 4) is 0 Å². The Balaban J connectivity index is 1.96. The Morgan fingerprint density at radius 1 is 1.00 bits per heavy atom. The number of carbonyl (C=O) groups excluding carboxylic acids is 2. The van der Waals surface area contributed by atoms with E-state index >= 15 is 0 Å². The van der Waals surface area contributed by atoms with Gasteiger partial charge in [-0.25, -0.2) is 0 Å². The Bertz CT molecular complexity index is 408. The minimum Gasteiger partial charge on any atom is -0.378 e. The van der Waals surface area contributed by atoms with Crippen LogP contribution >= 0.6 is 0 Å². The third-order valence-corrected chi connectivity index (χ3v) is 4.53. The molecule has 0 unspecified atom stereocenters. The first-order valence-electron chi connectivity index (χ1n) is 9.88. The van der Waals surface area contributed by atoms with Gasteiger partial charge in [-0.15, -0.1) is 0 Å². The van der Waals surface area contributed by atoms with E-state index in [9.17, 15) is 9.59 Å². The SMILES string of the molecule is CC(C)OCCC(=O)NCCOCCNC(=O)C1CCN(C(C)C)CC1. The molecule has 2 amide bonds. The Kier molecular flexibility index (Phi) is 11.5. The molecule has 7 heteroatoms. The highest BCUT2D eigenvalue weighted by Gasteiger charge is 2.25. The predicted molar refractivity (Wildman–Crippen MR) is 102 cm³/mol. The van der Waals surface area contributed by atoms with Crippen LogP contribution in [0.15, 0.2) is 0 Å². The van der Waals surface area contributed by atoms with Gasteiger partial charge in [0.25, 0.3) is 0 Å². The number of nitrogens with one attached hydrogen (secondary N) is 2. The summed E-state index contributed by atoms with van der Waals surface area (Å²) in [5, 5.41) is 5.73. The van der Waals surface area contributed by atoms with Crippen LogP contribution in [0.2, 0.25) is 0 Å². The van der Waals surface area contributed by atoms with Crippen LogP contribution in [-0.4, -0.2) is 74.9 Å². The Labute approximate surface area is 158 Å². The maximum Gasteiger partial charge on any atom is 0.223 e. The molecule has 1 aliphatic rings. The van der Waals surface area contributed by atoms with Crippen molar-refractivity contribution >= 4 is 11.8 Å². The van der Waals surface area contributed by atoms with Crippen LogP contribution < -0.4 is 10.6 Å². The van der Waals surface area contributed by atoms with E-state index in [1.54, 1.807) is 0 Å². The van der Waals surface area contributed by atoms with Gasteiger partial charge in [0.1, 0.15) is 0 Å². The number of amides is 2. The third kappa shape index (κ3) is 10.1. The average molecular weight is 372 g/mol. The fourth-order valence-electron chi connectivity index (χ4n) is 2.91. The summed E-state index contributed by atoms with van der Waals surface area (Å²) in [7, 11) is 0. The van der Waals surface area contributed by atoms with Gasteiger partial charge in [-0.1, -0.05) is 0 Å². The van der Waals surface area contributed by atoms with Gasteiger partial charge in [0, 0.05) is 31.5 Å². The molecule has 0 aliphatic carbocycles. The summed E-state index contributed by atoms with van der Waals surface area (Å²) in [6.45, 7) is 12.6. The van der Waals surface area contributed by atoms with E-state index in [-0.39, 0.29) is 23.8 Å². The van der Waals surface area contributed by atoms with Gasteiger partial charge >= 0.3 is 0 Å². The first kappa shape index (κ1) is 22.9. The highest BCUT2D eigenvalue weighted by atomic mass is 16.5. The van der Waals surface area contributed by atoms with Crippen LogP contribution in [-0.2, 0) is 19.1 Å². The average Bonchev–Trinajstić information content (AvgIpc) is 2.60. The Hall–Kier alpha value is -1.18.